The van der Waals surface area contributed by atoms with E-state index in [1.807, 2.05) is 0 Å². The summed E-state index contributed by atoms with van der Waals surface area (Å²) in [4.78, 5) is 0. The molecule has 0 spiro atoms. The van der Waals surface area contributed by atoms with E-state index in [-0.39, 0.29) is 6.10 Å². The van der Waals surface area contributed by atoms with Gasteiger partial charge >= 0.3 is 0 Å². The second-order valence-corrected chi connectivity index (χ2v) is 2.53. The number of hydrogen-bond acceptors (Lipinski definition) is 2. The van der Waals surface area contributed by atoms with Gasteiger partial charge in [0.1, 0.15) is 0 Å². The summed E-state index contributed by atoms with van der Waals surface area (Å²) in [5, 5.41) is 0. The highest BCUT2D eigenvalue weighted by molar-refractivity contribution is 4.97. The Labute approximate surface area is 61.8 Å². The van der Waals surface area contributed by atoms with Crippen molar-refractivity contribution in [1.29, 1.82) is 0 Å². The van der Waals surface area contributed by atoms with E-state index in [2.05, 4.69) is 12.2 Å². The van der Waals surface area contributed by atoms with Crippen LogP contribution in [0.1, 0.15) is 12.8 Å². The molecule has 0 saturated carbocycles. The van der Waals surface area contributed by atoms with Crippen molar-refractivity contribution in [2.24, 2.45) is 0 Å². The van der Waals surface area contributed by atoms with Crippen molar-refractivity contribution >= 4 is 0 Å². The zero-order valence-corrected chi connectivity index (χ0v) is 6.54. The van der Waals surface area contributed by atoms with E-state index >= 15 is 0 Å². The van der Waals surface area contributed by atoms with Gasteiger partial charge in [-0.25, -0.2) is 0 Å². The van der Waals surface area contributed by atoms with E-state index < -0.39 is 0 Å². The summed E-state index contributed by atoms with van der Waals surface area (Å²) in [5.41, 5.74) is 0. The Kier molecular flexibility index (Phi) is 2.90. The van der Waals surface area contributed by atoms with Gasteiger partial charge < -0.3 is 9.47 Å². The summed E-state index contributed by atoms with van der Waals surface area (Å²) in [6.45, 7) is 0. The van der Waals surface area contributed by atoms with Gasteiger partial charge in [0, 0.05) is 20.6 Å². The Morgan fingerprint density at radius 3 is 2.70 bits per heavy atom. The van der Waals surface area contributed by atoms with Gasteiger partial charge in [0.2, 0.25) is 0 Å². The van der Waals surface area contributed by atoms with Gasteiger partial charge in [-0.05, 0) is 6.42 Å². The van der Waals surface area contributed by atoms with E-state index in [0.29, 0.717) is 6.10 Å². The number of hydrogen-bond donors (Lipinski definition) is 0. The molecule has 1 aliphatic rings. The molecule has 0 bridgehead atoms. The van der Waals surface area contributed by atoms with Gasteiger partial charge in [0.05, 0.1) is 12.2 Å². The molecule has 0 saturated heterocycles. The molecule has 0 aromatic carbocycles. The molecule has 1 aliphatic carbocycles. The maximum atomic E-state index is 5.19. The molecule has 58 valence electrons. The van der Waals surface area contributed by atoms with E-state index in [9.17, 15) is 0 Å². The van der Waals surface area contributed by atoms with Crippen LogP contribution in [0.4, 0.5) is 0 Å². The third-order valence-corrected chi connectivity index (χ3v) is 1.88. The van der Waals surface area contributed by atoms with E-state index in [1.54, 1.807) is 14.2 Å². The standard InChI is InChI=1S/C8H14O2/c1-9-7-4-3-5-8(6-7)10-2/h3-4,7-8H,5-6H2,1-2H3. The Hall–Kier alpha value is -0.340. The summed E-state index contributed by atoms with van der Waals surface area (Å²) in [6.07, 6.45) is 6.84. The minimum Gasteiger partial charge on any atom is -0.381 e. The summed E-state index contributed by atoms with van der Waals surface area (Å²) in [6, 6.07) is 0. The minimum absolute atomic E-state index is 0.263. The molecular formula is C8H14O2. The second kappa shape index (κ2) is 3.74. The zero-order chi connectivity index (χ0) is 7.40. The third kappa shape index (κ3) is 1.82. The highest BCUT2D eigenvalue weighted by Crippen LogP contribution is 2.15. The Morgan fingerprint density at radius 1 is 1.30 bits per heavy atom. The lowest BCUT2D eigenvalue weighted by molar-refractivity contribution is 0.0367. The molecule has 2 heteroatoms. The minimum atomic E-state index is 0.263. The van der Waals surface area contributed by atoms with E-state index in [1.165, 1.54) is 0 Å². The largest absolute Gasteiger partial charge is 0.381 e. The molecule has 2 unspecified atom stereocenters. The third-order valence-electron chi connectivity index (χ3n) is 1.88. The highest BCUT2D eigenvalue weighted by atomic mass is 16.5. The fourth-order valence-corrected chi connectivity index (χ4v) is 1.18. The van der Waals surface area contributed by atoms with Gasteiger partial charge in [0.15, 0.2) is 0 Å². The van der Waals surface area contributed by atoms with E-state index in [4.69, 9.17) is 9.47 Å². The Morgan fingerprint density at radius 2 is 2.10 bits per heavy atom. The fourth-order valence-electron chi connectivity index (χ4n) is 1.18. The van der Waals surface area contributed by atoms with Crippen molar-refractivity contribution in [3.8, 4) is 0 Å². The van der Waals surface area contributed by atoms with Gasteiger partial charge in [-0.2, -0.15) is 0 Å². The van der Waals surface area contributed by atoms with Crippen LogP contribution in [0.3, 0.4) is 0 Å². The molecule has 0 aliphatic heterocycles. The predicted molar refractivity (Wildman–Crippen MR) is 40.0 cm³/mol. The lowest BCUT2D eigenvalue weighted by atomic mass is 10.0. The summed E-state index contributed by atoms with van der Waals surface area (Å²) >= 11 is 0. The van der Waals surface area contributed by atoms with Crippen LogP contribution < -0.4 is 0 Å². The molecule has 0 heterocycles. The normalized spacial score (nSPS) is 32.6. The predicted octanol–water partition coefficient (Wildman–Crippen LogP) is 1.37. The highest BCUT2D eigenvalue weighted by Gasteiger charge is 2.15. The molecule has 1 rings (SSSR count). The smallest absolute Gasteiger partial charge is 0.0776 e. The molecule has 0 fully saturated rings. The van der Waals surface area contributed by atoms with Crippen molar-refractivity contribution < 1.29 is 9.47 Å². The molecule has 0 amide bonds. The first kappa shape index (κ1) is 7.76. The maximum Gasteiger partial charge on any atom is 0.0776 e. The Balaban J connectivity index is 2.38. The molecular weight excluding hydrogens is 128 g/mol. The van der Waals surface area contributed by atoms with Crippen LogP contribution in [0.25, 0.3) is 0 Å². The average Bonchev–Trinajstić information content (AvgIpc) is 2.05. The first-order valence-corrected chi connectivity index (χ1v) is 3.59. The van der Waals surface area contributed by atoms with Crippen LogP contribution in [0, 0.1) is 0 Å². The molecule has 2 nitrogen and oxygen atoms in total. The van der Waals surface area contributed by atoms with Gasteiger partial charge in [0.25, 0.3) is 0 Å². The SMILES string of the molecule is COC1C=CCC(OC)C1. The topological polar surface area (TPSA) is 18.5 Å². The summed E-state index contributed by atoms with van der Waals surface area (Å²) in [7, 11) is 3.48. The maximum absolute atomic E-state index is 5.19. The molecule has 0 aromatic heterocycles. The number of rotatable bonds is 2. The molecule has 0 aromatic rings. The first-order chi connectivity index (χ1) is 4.86. The van der Waals surface area contributed by atoms with Crippen LogP contribution in [0.2, 0.25) is 0 Å². The van der Waals surface area contributed by atoms with E-state index in [0.717, 1.165) is 12.8 Å². The lowest BCUT2D eigenvalue weighted by Crippen LogP contribution is -2.22. The van der Waals surface area contributed by atoms with Crippen LogP contribution in [-0.4, -0.2) is 26.4 Å². The summed E-state index contributed by atoms with van der Waals surface area (Å²) < 4.78 is 10.3. The van der Waals surface area contributed by atoms with Crippen LogP contribution in [0.15, 0.2) is 12.2 Å². The van der Waals surface area contributed by atoms with Gasteiger partial charge in [-0.3, -0.25) is 0 Å². The average molecular weight is 142 g/mol. The number of ether oxygens (including phenoxy) is 2. The Bertz CT molecular complexity index is 120. The first-order valence-electron chi connectivity index (χ1n) is 3.59. The van der Waals surface area contributed by atoms with Gasteiger partial charge in [-0.1, -0.05) is 12.2 Å². The fraction of sp³-hybridized carbons (Fsp3) is 0.750. The van der Waals surface area contributed by atoms with Crippen molar-refractivity contribution in [2.75, 3.05) is 14.2 Å². The second-order valence-electron chi connectivity index (χ2n) is 2.53. The molecule has 10 heavy (non-hydrogen) atoms. The lowest BCUT2D eigenvalue weighted by Gasteiger charge is -2.22. The molecule has 2 atom stereocenters. The van der Waals surface area contributed by atoms with Crippen LogP contribution in [0.5, 0.6) is 0 Å². The molecule has 0 N–H and O–H groups in total. The van der Waals surface area contributed by atoms with Crippen molar-refractivity contribution in [3.63, 3.8) is 0 Å². The van der Waals surface area contributed by atoms with Crippen molar-refractivity contribution in [1.82, 2.24) is 0 Å². The monoisotopic (exact) mass is 142 g/mol. The van der Waals surface area contributed by atoms with Crippen molar-refractivity contribution in [2.45, 2.75) is 25.0 Å². The van der Waals surface area contributed by atoms with Gasteiger partial charge in [-0.15, -0.1) is 0 Å². The molecule has 0 radical (unpaired) electrons. The quantitative estimate of drug-likeness (QED) is 0.542. The zero-order valence-electron chi connectivity index (χ0n) is 6.54. The van der Waals surface area contributed by atoms with Crippen molar-refractivity contribution in [3.05, 3.63) is 12.2 Å². The van der Waals surface area contributed by atoms with Crippen LogP contribution >= 0.6 is 0 Å². The summed E-state index contributed by atoms with van der Waals surface area (Å²) in [5.74, 6) is 0. The number of methoxy groups -OCH3 is 2. The van der Waals surface area contributed by atoms with Crippen LogP contribution in [-0.2, 0) is 9.47 Å².